The van der Waals surface area contributed by atoms with Crippen LogP contribution in [0.3, 0.4) is 0 Å². The normalized spacial score (nSPS) is 19.6. The van der Waals surface area contributed by atoms with E-state index in [1.807, 2.05) is 6.92 Å². The van der Waals surface area contributed by atoms with Crippen LogP contribution >= 0.6 is 0 Å². The minimum absolute atomic E-state index is 0.0112. The highest BCUT2D eigenvalue weighted by Crippen LogP contribution is 2.25. The van der Waals surface area contributed by atoms with E-state index in [9.17, 15) is 0 Å². The Morgan fingerprint density at radius 2 is 2.35 bits per heavy atom. The van der Waals surface area contributed by atoms with Crippen molar-refractivity contribution < 1.29 is 10.3 Å². The second-order valence-electron chi connectivity index (χ2n) is 5.04. The van der Waals surface area contributed by atoms with E-state index >= 15 is 0 Å². The molecule has 0 bridgehead atoms. The Bertz CT molecular complexity index is 492. The zero-order chi connectivity index (χ0) is 14.5. The monoisotopic (exact) mass is 279 g/mol. The van der Waals surface area contributed by atoms with Gasteiger partial charge < -0.3 is 20.9 Å². The maximum absolute atomic E-state index is 8.97. The molecule has 7 heteroatoms. The van der Waals surface area contributed by atoms with Crippen LogP contribution < -0.4 is 10.6 Å². The number of anilines is 1. The van der Waals surface area contributed by atoms with Crippen molar-refractivity contribution in [3.05, 3.63) is 17.5 Å². The number of aryl methyl sites for hydroxylation is 1. The lowest BCUT2D eigenvalue weighted by atomic mass is 10.1. The molecule has 0 spiro atoms. The molecule has 4 N–H and O–H groups in total. The van der Waals surface area contributed by atoms with E-state index in [4.69, 9.17) is 16.0 Å². The number of aromatic nitrogens is 2. The summed E-state index contributed by atoms with van der Waals surface area (Å²) in [7, 11) is 0. The Kier molecular flexibility index (Phi) is 4.73. The number of rotatable bonds is 5. The van der Waals surface area contributed by atoms with Crippen molar-refractivity contribution in [3.8, 4) is 0 Å². The summed E-state index contributed by atoms with van der Waals surface area (Å²) in [5.74, 6) is 0.606. The second kappa shape index (κ2) is 6.51. The molecule has 1 atom stereocenters. The van der Waals surface area contributed by atoms with Crippen LogP contribution in [0.2, 0.25) is 0 Å². The fourth-order valence-corrected chi connectivity index (χ4v) is 2.59. The first-order chi connectivity index (χ1) is 9.65. The van der Waals surface area contributed by atoms with Crippen LogP contribution in [0.25, 0.3) is 0 Å². The number of aliphatic hydroxyl groups excluding tert-OH is 1. The number of aliphatic hydroxyl groups is 1. The van der Waals surface area contributed by atoms with Crippen LogP contribution in [0.15, 0.2) is 11.2 Å². The topological polar surface area (TPSA) is 108 Å². The Hall–Kier alpha value is -1.89. The quantitative estimate of drug-likeness (QED) is 0.315. The van der Waals surface area contributed by atoms with Crippen molar-refractivity contribution in [2.24, 2.45) is 10.9 Å². The molecular weight excluding hydrogens is 258 g/mol. The lowest BCUT2D eigenvalue weighted by Gasteiger charge is -2.25. The van der Waals surface area contributed by atoms with Crippen molar-refractivity contribution >= 4 is 11.8 Å². The first-order valence-electron chi connectivity index (χ1n) is 6.86. The summed E-state index contributed by atoms with van der Waals surface area (Å²) in [4.78, 5) is 11.0. The van der Waals surface area contributed by atoms with E-state index in [-0.39, 0.29) is 12.4 Å². The summed E-state index contributed by atoms with van der Waals surface area (Å²) in [6, 6.07) is 2.04. The van der Waals surface area contributed by atoms with Gasteiger partial charge in [-0.3, -0.25) is 0 Å². The van der Waals surface area contributed by atoms with Crippen LogP contribution in [0.5, 0.6) is 0 Å². The molecule has 2 heterocycles. The van der Waals surface area contributed by atoms with Crippen LogP contribution in [0.4, 0.5) is 5.95 Å². The molecule has 1 unspecified atom stereocenters. The molecule has 1 aliphatic rings. The number of hydrogen-bond acceptors (Lipinski definition) is 6. The third kappa shape index (κ3) is 3.16. The smallest absolute Gasteiger partial charge is 0.226 e. The Morgan fingerprint density at radius 1 is 1.55 bits per heavy atom. The molecule has 1 aromatic heterocycles. The van der Waals surface area contributed by atoms with Crippen molar-refractivity contribution in [2.45, 2.75) is 38.6 Å². The minimum Gasteiger partial charge on any atom is -0.409 e. The summed E-state index contributed by atoms with van der Waals surface area (Å²) < 4.78 is 0. The van der Waals surface area contributed by atoms with E-state index in [0.29, 0.717) is 17.7 Å². The van der Waals surface area contributed by atoms with Gasteiger partial charge in [0.15, 0.2) is 5.84 Å². The van der Waals surface area contributed by atoms with Gasteiger partial charge in [0.25, 0.3) is 0 Å². The van der Waals surface area contributed by atoms with E-state index in [0.717, 1.165) is 37.9 Å². The molecule has 1 saturated heterocycles. The van der Waals surface area contributed by atoms with Crippen molar-refractivity contribution in [2.75, 3.05) is 18.1 Å². The fourth-order valence-electron chi connectivity index (χ4n) is 2.59. The minimum atomic E-state index is -0.0112. The number of hydrogen-bond donors (Lipinski definition) is 3. The lowest BCUT2D eigenvalue weighted by molar-refractivity contribution is 0.279. The largest absolute Gasteiger partial charge is 0.409 e. The number of amidine groups is 1. The molecule has 0 saturated carbocycles. The summed E-state index contributed by atoms with van der Waals surface area (Å²) in [6.07, 6.45) is 3.87. The SMILES string of the molecule is Cc1cc(/C(N)=N/O)nc(N2CCCC2CCCO)n1. The predicted molar refractivity (Wildman–Crippen MR) is 76.0 cm³/mol. The maximum Gasteiger partial charge on any atom is 0.226 e. The lowest BCUT2D eigenvalue weighted by Crippen LogP contribution is -2.32. The van der Waals surface area contributed by atoms with E-state index in [2.05, 4.69) is 20.0 Å². The summed E-state index contributed by atoms with van der Waals surface area (Å²) in [6.45, 7) is 2.96. The molecule has 2 rings (SSSR count). The first kappa shape index (κ1) is 14.5. The molecule has 20 heavy (non-hydrogen) atoms. The van der Waals surface area contributed by atoms with Crippen molar-refractivity contribution in [1.29, 1.82) is 0 Å². The Labute approximate surface area is 118 Å². The Morgan fingerprint density at radius 3 is 3.05 bits per heavy atom. The van der Waals surface area contributed by atoms with Gasteiger partial charge >= 0.3 is 0 Å². The standard InChI is InChI=1S/C13H21N5O2/c1-9-8-11(12(14)17-20)16-13(15-9)18-6-2-4-10(18)5-3-7-19/h8,10,19-20H,2-7H2,1H3,(H2,14,17). The van der Waals surface area contributed by atoms with E-state index in [1.54, 1.807) is 6.07 Å². The van der Waals surface area contributed by atoms with Crippen LogP contribution in [0.1, 0.15) is 37.1 Å². The molecule has 1 fully saturated rings. The summed E-state index contributed by atoms with van der Waals surface area (Å²) in [5.41, 5.74) is 6.82. The highest BCUT2D eigenvalue weighted by Gasteiger charge is 2.26. The van der Waals surface area contributed by atoms with Crippen LogP contribution in [0, 0.1) is 6.92 Å². The van der Waals surface area contributed by atoms with Crippen LogP contribution in [-0.2, 0) is 0 Å². The number of oxime groups is 1. The molecular formula is C13H21N5O2. The highest BCUT2D eigenvalue weighted by molar-refractivity contribution is 5.95. The van der Waals surface area contributed by atoms with Gasteiger partial charge in [0.1, 0.15) is 5.69 Å². The first-order valence-corrected chi connectivity index (χ1v) is 6.86. The fraction of sp³-hybridized carbons (Fsp3) is 0.615. The van der Waals surface area contributed by atoms with Gasteiger partial charge in [-0.1, -0.05) is 5.16 Å². The molecule has 0 aromatic carbocycles. The van der Waals surface area contributed by atoms with Gasteiger partial charge in [0.2, 0.25) is 5.95 Å². The molecule has 110 valence electrons. The second-order valence-corrected chi connectivity index (χ2v) is 5.04. The van der Waals surface area contributed by atoms with Crippen LogP contribution in [-0.4, -0.2) is 45.3 Å². The number of nitrogens with two attached hydrogens (primary N) is 1. The molecule has 0 radical (unpaired) electrons. The Balaban J connectivity index is 2.25. The van der Waals surface area contributed by atoms with Crippen molar-refractivity contribution in [3.63, 3.8) is 0 Å². The molecule has 0 aliphatic carbocycles. The molecule has 7 nitrogen and oxygen atoms in total. The van der Waals surface area contributed by atoms with Gasteiger partial charge in [0.05, 0.1) is 0 Å². The average Bonchev–Trinajstić information content (AvgIpc) is 2.91. The molecule has 1 aromatic rings. The average molecular weight is 279 g/mol. The molecule has 0 amide bonds. The molecule has 1 aliphatic heterocycles. The third-order valence-corrected chi connectivity index (χ3v) is 3.54. The van der Waals surface area contributed by atoms with Gasteiger partial charge in [-0.2, -0.15) is 0 Å². The van der Waals surface area contributed by atoms with Gasteiger partial charge in [-0.15, -0.1) is 0 Å². The summed E-state index contributed by atoms with van der Waals surface area (Å²) in [5, 5.41) is 20.7. The van der Waals surface area contributed by atoms with Gasteiger partial charge in [-0.05, 0) is 38.7 Å². The predicted octanol–water partition coefficient (Wildman–Crippen LogP) is 0.621. The van der Waals surface area contributed by atoms with Gasteiger partial charge in [0, 0.05) is 24.9 Å². The van der Waals surface area contributed by atoms with Crippen molar-refractivity contribution in [1.82, 2.24) is 9.97 Å². The third-order valence-electron chi connectivity index (χ3n) is 3.54. The maximum atomic E-state index is 8.97. The zero-order valence-corrected chi connectivity index (χ0v) is 11.7. The zero-order valence-electron chi connectivity index (χ0n) is 11.7. The summed E-state index contributed by atoms with van der Waals surface area (Å²) >= 11 is 0. The van der Waals surface area contributed by atoms with E-state index in [1.165, 1.54) is 0 Å². The highest BCUT2D eigenvalue weighted by atomic mass is 16.4. The van der Waals surface area contributed by atoms with E-state index < -0.39 is 0 Å². The number of nitrogens with zero attached hydrogens (tertiary/aromatic N) is 4. The van der Waals surface area contributed by atoms with Gasteiger partial charge in [-0.25, -0.2) is 9.97 Å².